The fourth-order valence-corrected chi connectivity index (χ4v) is 2.91. The molecule has 1 atom stereocenters. The van der Waals surface area contributed by atoms with Gasteiger partial charge in [0.05, 0.1) is 11.9 Å². The molecule has 136 valence electrons. The van der Waals surface area contributed by atoms with Crippen molar-refractivity contribution in [3.8, 4) is 11.4 Å². The number of nitrogens with one attached hydrogen (secondary N) is 1. The minimum absolute atomic E-state index is 0.00654. The number of alkyl halides is 2. The average Bonchev–Trinajstić information content (AvgIpc) is 3.02. The van der Waals surface area contributed by atoms with Gasteiger partial charge in [-0.2, -0.15) is 13.9 Å². The first kappa shape index (κ1) is 18.1. The van der Waals surface area contributed by atoms with Gasteiger partial charge in [-0.1, -0.05) is 36.4 Å². The van der Waals surface area contributed by atoms with Crippen molar-refractivity contribution < 1.29 is 13.5 Å². The number of para-hydroxylation sites is 2. The number of ether oxygens (including phenoxy) is 1. The maximum absolute atomic E-state index is 12.5. The van der Waals surface area contributed by atoms with Gasteiger partial charge in [0.15, 0.2) is 0 Å². The molecule has 0 amide bonds. The molecule has 0 radical (unpaired) electrons. The summed E-state index contributed by atoms with van der Waals surface area (Å²) in [5.74, 6) is 0.193. The minimum Gasteiger partial charge on any atom is -0.434 e. The van der Waals surface area contributed by atoms with Crippen LogP contribution >= 0.6 is 0 Å². The summed E-state index contributed by atoms with van der Waals surface area (Å²) in [5.41, 5.74) is 3.78. The molecule has 0 saturated heterocycles. The number of benzene rings is 2. The summed E-state index contributed by atoms with van der Waals surface area (Å²) in [6.07, 6.45) is 1.83. The van der Waals surface area contributed by atoms with E-state index in [0.717, 1.165) is 16.9 Å². The molecule has 0 bridgehead atoms. The van der Waals surface area contributed by atoms with Gasteiger partial charge in [0.1, 0.15) is 5.75 Å². The van der Waals surface area contributed by atoms with Crippen molar-refractivity contribution in [3.05, 3.63) is 77.6 Å². The molecule has 26 heavy (non-hydrogen) atoms. The predicted molar refractivity (Wildman–Crippen MR) is 96.6 cm³/mol. The van der Waals surface area contributed by atoms with Crippen molar-refractivity contribution in [1.29, 1.82) is 0 Å². The van der Waals surface area contributed by atoms with Gasteiger partial charge >= 0.3 is 6.61 Å². The standard InChI is InChI=1S/C20H21F2N3O/c1-14(23-12-16-8-6-7-11-19(16)26-20(21)22)18-13-24-25(15(18)2)17-9-4-3-5-10-17/h3-11,13-14,20,23H,12H2,1-2H3. The SMILES string of the molecule is Cc1c(C(C)NCc2ccccc2OC(F)F)cnn1-c1ccccc1. The smallest absolute Gasteiger partial charge is 0.387 e. The van der Waals surface area contributed by atoms with E-state index in [0.29, 0.717) is 12.1 Å². The van der Waals surface area contributed by atoms with Crippen molar-refractivity contribution in [2.75, 3.05) is 0 Å². The first-order valence-corrected chi connectivity index (χ1v) is 8.42. The monoisotopic (exact) mass is 357 g/mol. The summed E-state index contributed by atoms with van der Waals surface area (Å²) in [4.78, 5) is 0. The Bertz CT molecular complexity index is 849. The molecule has 3 rings (SSSR count). The third-order valence-corrected chi connectivity index (χ3v) is 4.30. The lowest BCUT2D eigenvalue weighted by molar-refractivity contribution is -0.0505. The van der Waals surface area contributed by atoms with Crippen LogP contribution in [-0.4, -0.2) is 16.4 Å². The summed E-state index contributed by atoms with van der Waals surface area (Å²) in [5, 5.41) is 7.83. The quantitative estimate of drug-likeness (QED) is 0.670. The van der Waals surface area contributed by atoms with Crippen molar-refractivity contribution in [1.82, 2.24) is 15.1 Å². The van der Waals surface area contributed by atoms with E-state index in [4.69, 9.17) is 0 Å². The van der Waals surface area contributed by atoms with Crippen molar-refractivity contribution in [3.63, 3.8) is 0 Å². The van der Waals surface area contributed by atoms with Crippen molar-refractivity contribution >= 4 is 0 Å². The van der Waals surface area contributed by atoms with E-state index >= 15 is 0 Å². The van der Waals surface area contributed by atoms with E-state index in [1.807, 2.05) is 55.1 Å². The van der Waals surface area contributed by atoms with Gasteiger partial charge in [-0.25, -0.2) is 4.68 Å². The first-order chi connectivity index (χ1) is 12.6. The number of rotatable bonds is 7. The molecule has 0 aliphatic rings. The van der Waals surface area contributed by atoms with Gasteiger partial charge in [-0.05, 0) is 32.0 Å². The summed E-state index contributed by atoms with van der Waals surface area (Å²) < 4.78 is 31.5. The second-order valence-electron chi connectivity index (χ2n) is 6.02. The molecule has 2 aromatic carbocycles. The van der Waals surface area contributed by atoms with Crippen LogP contribution in [0.5, 0.6) is 5.75 Å². The molecule has 0 aliphatic heterocycles. The number of hydrogen-bond acceptors (Lipinski definition) is 3. The molecule has 1 N–H and O–H groups in total. The molecule has 4 nitrogen and oxygen atoms in total. The van der Waals surface area contributed by atoms with Crippen LogP contribution in [0, 0.1) is 6.92 Å². The van der Waals surface area contributed by atoms with Crippen LogP contribution < -0.4 is 10.1 Å². The van der Waals surface area contributed by atoms with E-state index in [1.165, 1.54) is 0 Å². The maximum Gasteiger partial charge on any atom is 0.387 e. The topological polar surface area (TPSA) is 39.1 Å². The Morgan fingerprint density at radius 2 is 1.77 bits per heavy atom. The molecule has 0 fully saturated rings. The van der Waals surface area contributed by atoms with Crippen LogP contribution in [0.1, 0.15) is 29.8 Å². The lowest BCUT2D eigenvalue weighted by atomic mass is 10.1. The second kappa shape index (κ2) is 8.10. The number of hydrogen-bond donors (Lipinski definition) is 1. The molecule has 0 aliphatic carbocycles. The van der Waals surface area contributed by atoms with Crippen LogP contribution in [0.15, 0.2) is 60.8 Å². The predicted octanol–water partition coefficient (Wildman–Crippen LogP) is 4.63. The minimum atomic E-state index is -2.83. The van der Waals surface area contributed by atoms with Gasteiger partial charge in [-0.15, -0.1) is 0 Å². The zero-order valence-corrected chi connectivity index (χ0v) is 14.7. The Kier molecular flexibility index (Phi) is 5.63. The zero-order valence-electron chi connectivity index (χ0n) is 14.7. The summed E-state index contributed by atoms with van der Waals surface area (Å²) >= 11 is 0. The number of nitrogens with zero attached hydrogens (tertiary/aromatic N) is 2. The molecule has 1 heterocycles. The fourth-order valence-electron chi connectivity index (χ4n) is 2.91. The average molecular weight is 357 g/mol. The highest BCUT2D eigenvalue weighted by Gasteiger charge is 2.15. The zero-order chi connectivity index (χ0) is 18.5. The summed E-state index contributed by atoms with van der Waals surface area (Å²) in [7, 11) is 0. The molecular weight excluding hydrogens is 336 g/mol. The normalized spacial score (nSPS) is 12.3. The van der Waals surface area contributed by atoms with Gasteiger partial charge in [0, 0.05) is 29.4 Å². The highest BCUT2D eigenvalue weighted by molar-refractivity contribution is 5.36. The lowest BCUT2D eigenvalue weighted by Gasteiger charge is -2.16. The van der Waals surface area contributed by atoms with Gasteiger partial charge < -0.3 is 10.1 Å². The highest BCUT2D eigenvalue weighted by atomic mass is 19.3. The third kappa shape index (κ3) is 4.08. The van der Waals surface area contributed by atoms with E-state index < -0.39 is 6.61 Å². The van der Waals surface area contributed by atoms with E-state index in [1.54, 1.807) is 24.3 Å². The van der Waals surface area contributed by atoms with Gasteiger partial charge in [0.25, 0.3) is 0 Å². The molecule has 0 saturated carbocycles. The highest BCUT2D eigenvalue weighted by Crippen LogP contribution is 2.23. The Labute approximate surface area is 151 Å². The molecule has 0 spiro atoms. The van der Waals surface area contributed by atoms with Crippen LogP contribution in [0.4, 0.5) is 8.78 Å². The number of halogens is 2. The largest absolute Gasteiger partial charge is 0.434 e. The van der Waals surface area contributed by atoms with Gasteiger partial charge in [-0.3, -0.25) is 0 Å². The summed E-state index contributed by atoms with van der Waals surface area (Å²) in [6.45, 7) is 1.62. The van der Waals surface area contributed by atoms with Crippen LogP contribution in [0.2, 0.25) is 0 Å². The molecular formula is C20H21F2N3O. The summed E-state index contributed by atoms with van der Waals surface area (Å²) in [6, 6.07) is 16.7. The molecule has 1 aromatic heterocycles. The molecule has 1 unspecified atom stereocenters. The number of aromatic nitrogens is 2. The van der Waals surface area contributed by atoms with E-state index in [2.05, 4.69) is 15.2 Å². The van der Waals surface area contributed by atoms with Gasteiger partial charge in [0.2, 0.25) is 0 Å². The Morgan fingerprint density at radius 1 is 1.08 bits per heavy atom. The Hall–Kier alpha value is -2.73. The molecule has 3 aromatic rings. The Morgan fingerprint density at radius 3 is 2.50 bits per heavy atom. The third-order valence-electron chi connectivity index (χ3n) is 4.30. The van der Waals surface area contributed by atoms with Crippen LogP contribution in [0.25, 0.3) is 5.69 Å². The van der Waals surface area contributed by atoms with Crippen molar-refractivity contribution in [2.45, 2.75) is 33.0 Å². The van der Waals surface area contributed by atoms with Crippen LogP contribution in [0.3, 0.4) is 0 Å². The fraction of sp³-hybridized carbons (Fsp3) is 0.250. The second-order valence-corrected chi connectivity index (χ2v) is 6.02. The van der Waals surface area contributed by atoms with Crippen LogP contribution in [-0.2, 0) is 6.54 Å². The van der Waals surface area contributed by atoms with E-state index in [-0.39, 0.29) is 11.8 Å². The first-order valence-electron chi connectivity index (χ1n) is 8.42. The van der Waals surface area contributed by atoms with Crippen molar-refractivity contribution in [2.24, 2.45) is 0 Å². The Balaban J connectivity index is 1.72. The molecule has 6 heteroatoms. The van der Waals surface area contributed by atoms with E-state index in [9.17, 15) is 8.78 Å². The lowest BCUT2D eigenvalue weighted by Crippen LogP contribution is -2.19. The maximum atomic E-state index is 12.5.